The molecule has 0 N–H and O–H groups in total. The number of hydrogen-bond acceptors (Lipinski definition) is 1. The predicted molar refractivity (Wildman–Crippen MR) is 200 cm³/mol. The summed E-state index contributed by atoms with van der Waals surface area (Å²) in [7, 11) is 0. The maximum absolute atomic E-state index is 5.10. The summed E-state index contributed by atoms with van der Waals surface area (Å²) in [6.07, 6.45) is 2.03. The van der Waals surface area contributed by atoms with Gasteiger partial charge in [0.05, 0.1) is 27.8 Å². The van der Waals surface area contributed by atoms with E-state index in [9.17, 15) is 0 Å². The topological polar surface area (TPSA) is 22.8 Å². The van der Waals surface area contributed by atoms with Crippen LogP contribution in [0.3, 0.4) is 0 Å². The molecule has 0 saturated carbocycles. The van der Waals surface area contributed by atoms with Crippen molar-refractivity contribution in [1.29, 1.82) is 0 Å². The van der Waals surface area contributed by atoms with Crippen LogP contribution in [0.5, 0.6) is 0 Å². The molecule has 0 radical (unpaired) electrons. The lowest BCUT2D eigenvalue weighted by molar-refractivity contribution is 1.16. The highest BCUT2D eigenvalue weighted by Gasteiger charge is 2.25. The van der Waals surface area contributed by atoms with Crippen molar-refractivity contribution < 1.29 is 0 Å². The Hall–Kier alpha value is -6.45. The summed E-state index contributed by atoms with van der Waals surface area (Å²) >= 11 is 0. The maximum atomic E-state index is 5.10. The monoisotopic (exact) mass is 609 g/mol. The van der Waals surface area contributed by atoms with Crippen molar-refractivity contribution in [2.24, 2.45) is 0 Å². The van der Waals surface area contributed by atoms with Crippen LogP contribution < -0.4 is 0 Å². The summed E-state index contributed by atoms with van der Waals surface area (Å²) in [4.78, 5) is 5.10. The smallest absolute Gasteiger partial charge is 0.0787 e. The highest BCUT2D eigenvalue weighted by Crippen LogP contribution is 2.50. The Morgan fingerprint density at radius 2 is 0.958 bits per heavy atom. The fourth-order valence-electron chi connectivity index (χ4n) is 8.29. The van der Waals surface area contributed by atoms with Crippen LogP contribution in [0.1, 0.15) is 0 Å². The van der Waals surface area contributed by atoms with Gasteiger partial charge < -0.3 is 9.13 Å². The quantitative estimate of drug-likeness (QED) is 0.195. The van der Waals surface area contributed by atoms with E-state index in [0.717, 1.165) is 22.6 Å². The maximum Gasteiger partial charge on any atom is 0.0787 e. The molecule has 1 aliphatic rings. The number of nitrogens with zero attached hydrogens (tertiary/aromatic N) is 3. The summed E-state index contributed by atoms with van der Waals surface area (Å²) in [5.74, 6) is 0. The van der Waals surface area contributed by atoms with E-state index in [2.05, 4.69) is 167 Å². The molecular weight excluding hydrogens is 583 g/mol. The molecule has 11 rings (SSSR count). The van der Waals surface area contributed by atoms with Crippen LogP contribution in [0.15, 0.2) is 164 Å². The predicted octanol–water partition coefficient (Wildman–Crippen LogP) is 11.7. The molecule has 0 saturated heterocycles. The first-order chi connectivity index (χ1) is 23.8. The third kappa shape index (κ3) is 3.40. The van der Waals surface area contributed by atoms with Gasteiger partial charge in [-0.2, -0.15) is 0 Å². The number of aromatic nitrogens is 3. The van der Waals surface area contributed by atoms with Gasteiger partial charge in [-0.15, -0.1) is 0 Å². The van der Waals surface area contributed by atoms with Gasteiger partial charge in [-0.05, 0) is 65.2 Å². The van der Waals surface area contributed by atoms with Gasteiger partial charge in [-0.3, -0.25) is 4.98 Å². The third-order valence-electron chi connectivity index (χ3n) is 10.3. The van der Waals surface area contributed by atoms with E-state index in [1.807, 2.05) is 6.20 Å². The highest BCUT2D eigenvalue weighted by molar-refractivity contribution is 6.18. The molecule has 3 heterocycles. The number of benzene rings is 7. The van der Waals surface area contributed by atoms with Crippen LogP contribution in [-0.4, -0.2) is 14.1 Å². The lowest BCUT2D eigenvalue weighted by Gasteiger charge is -2.13. The van der Waals surface area contributed by atoms with Crippen LogP contribution >= 0.6 is 0 Å². The molecule has 0 unspecified atom stereocenters. The van der Waals surface area contributed by atoms with Gasteiger partial charge in [-0.25, -0.2) is 0 Å². The van der Waals surface area contributed by atoms with E-state index in [1.165, 1.54) is 76.6 Å². The van der Waals surface area contributed by atoms with Crippen molar-refractivity contribution >= 4 is 54.4 Å². The standard InChI is InChI=1S/C45H27N3/c1-2-18-37-32(14-1)36-19-10-12-29-27-46-45(44(37)43(29)36)28-11-9-13-30(25-28)47-41-22-8-5-17-35(41)38-26-31(23-24-42(38)47)48-39-20-6-3-15-33(39)34-16-4-7-21-40(34)48/h1-27H. The van der Waals surface area contributed by atoms with E-state index in [0.29, 0.717) is 0 Å². The Bertz CT molecular complexity index is 2900. The summed E-state index contributed by atoms with van der Waals surface area (Å²) < 4.78 is 4.81. The SMILES string of the molecule is c1cc(-c2ncc3cccc4c3c2-c2ccccc2-4)cc(-n2c3ccccc3c3cc(-n4c5ccccc5c5ccccc54)ccc32)c1. The minimum absolute atomic E-state index is 1.02. The summed E-state index contributed by atoms with van der Waals surface area (Å²) in [5, 5.41) is 7.49. The van der Waals surface area contributed by atoms with Gasteiger partial charge in [0.15, 0.2) is 0 Å². The first-order valence-electron chi connectivity index (χ1n) is 16.5. The van der Waals surface area contributed by atoms with Crippen molar-refractivity contribution in [2.75, 3.05) is 0 Å². The second-order valence-electron chi connectivity index (χ2n) is 12.8. The minimum atomic E-state index is 1.02. The summed E-state index contributed by atoms with van der Waals surface area (Å²) in [6, 6.07) is 57.3. The third-order valence-corrected chi connectivity index (χ3v) is 10.3. The van der Waals surface area contributed by atoms with Gasteiger partial charge in [0.25, 0.3) is 0 Å². The Labute approximate surface area is 276 Å². The molecule has 3 nitrogen and oxygen atoms in total. The first-order valence-corrected chi connectivity index (χ1v) is 16.5. The Morgan fingerprint density at radius 3 is 1.69 bits per heavy atom. The molecule has 0 bridgehead atoms. The average molecular weight is 610 g/mol. The number of para-hydroxylation sites is 3. The number of hydrogen-bond donors (Lipinski definition) is 0. The first kappa shape index (κ1) is 25.7. The highest BCUT2D eigenvalue weighted by atomic mass is 15.0. The molecule has 0 fully saturated rings. The Balaban J connectivity index is 1.14. The summed E-state index contributed by atoms with van der Waals surface area (Å²) in [6.45, 7) is 0. The zero-order chi connectivity index (χ0) is 31.3. The molecule has 7 aromatic carbocycles. The molecule has 222 valence electrons. The van der Waals surface area contributed by atoms with Crippen molar-refractivity contribution in [3.63, 3.8) is 0 Å². The minimum Gasteiger partial charge on any atom is -0.309 e. The van der Waals surface area contributed by atoms with Crippen LogP contribution in [0.2, 0.25) is 0 Å². The van der Waals surface area contributed by atoms with E-state index >= 15 is 0 Å². The molecule has 10 aromatic rings. The normalized spacial score (nSPS) is 12.2. The average Bonchev–Trinajstić information content (AvgIpc) is 3.79. The molecule has 0 aliphatic heterocycles. The van der Waals surface area contributed by atoms with Crippen molar-refractivity contribution in [1.82, 2.24) is 14.1 Å². The molecular formula is C45H27N3. The van der Waals surface area contributed by atoms with Crippen molar-refractivity contribution in [3.8, 4) is 44.9 Å². The molecule has 1 aliphatic carbocycles. The zero-order valence-corrected chi connectivity index (χ0v) is 25.9. The molecule has 3 aromatic heterocycles. The van der Waals surface area contributed by atoms with Gasteiger partial charge in [0, 0.05) is 61.0 Å². The Kier molecular flexibility index (Phi) is 5.11. The molecule has 3 heteroatoms. The molecule has 0 amide bonds. The van der Waals surface area contributed by atoms with E-state index in [-0.39, 0.29) is 0 Å². The summed E-state index contributed by atoms with van der Waals surface area (Å²) in [5.41, 5.74) is 14.3. The number of rotatable bonds is 3. The van der Waals surface area contributed by atoms with E-state index < -0.39 is 0 Å². The van der Waals surface area contributed by atoms with Crippen LogP contribution in [0, 0.1) is 0 Å². The molecule has 48 heavy (non-hydrogen) atoms. The zero-order valence-electron chi connectivity index (χ0n) is 25.9. The second kappa shape index (κ2) is 9.54. The lowest BCUT2D eigenvalue weighted by Crippen LogP contribution is -1.97. The fourth-order valence-corrected chi connectivity index (χ4v) is 8.29. The Morgan fingerprint density at radius 1 is 0.396 bits per heavy atom. The van der Waals surface area contributed by atoms with Crippen molar-refractivity contribution in [3.05, 3.63) is 164 Å². The van der Waals surface area contributed by atoms with Crippen LogP contribution in [0.4, 0.5) is 0 Å². The second-order valence-corrected chi connectivity index (χ2v) is 12.8. The molecule has 0 atom stereocenters. The number of pyridine rings is 1. The van der Waals surface area contributed by atoms with Gasteiger partial charge >= 0.3 is 0 Å². The lowest BCUT2D eigenvalue weighted by atomic mass is 9.98. The van der Waals surface area contributed by atoms with Crippen LogP contribution in [-0.2, 0) is 0 Å². The largest absolute Gasteiger partial charge is 0.309 e. The van der Waals surface area contributed by atoms with Crippen molar-refractivity contribution in [2.45, 2.75) is 0 Å². The van der Waals surface area contributed by atoms with Crippen LogP contribution in [0.25, 0.3) is 99.3 Å². The number of fused-ring (bicyclic) bond motifs is 9. The van der Waals surface area contributed by atoms with Gasteiger partial charge in [0.1, 0.15) is 0 Å². The van der Waals surface area contributed by atoms with E-state index in [4.69, 9.17) is 4.98 Å². The fraction of sp³-hybridized carbons (Fsp3) is 0. The molecule has 0 spiro atoms. The van der Waals surface area contributed by atoms with Gasteiger partial charge in [0.2, 0.25) is 0 Å². The van der Waals surface area contributed by atoms with Gasteiger partial charge in [-0.1, -0.05) is 109 Å². The van der Waals surface area contributed by atoms with E-state index in [1.54, 1.807) is 0 Å².